The fraction of sp³-hybridized carbons (Fsp3) is 0.417. The van der Waals surface area contributed by atoms with Gasteiger partial charge < -0.3 is 14.7 Å². The third-order valence-electron chi connectivity index (χ3n) is 6.00. The molecule has 2 aromatic rings. The van der Waals surface area contributed by atoms with Crippen molar-refractivity contribution in [3.63, 3.8) is 0 Å². The summed E-state index contributed by atoms with van der Waals surface area (Å²) in [4.78, 5) is 0. The van der Waals surface area contributed by atoms with Crippen LogP contribution in [0.5, 0.6) is 0 Å². The van der Waals surface area contributed by atoms with E-state index in [0.717, 1.165) is 5.57 Å². The second-order valence-corrected chi connectivity index (χ2v) is 10.5. The van der Waals surface area contributed by atoms with Gasteiger partial charge >= 0.3 is 0 Å². The summed E-state index contributed by atoms with van der Waals surface area (Å²) in [5.41, 5.74) is 0.138. The van der Waals surface area contributed by atoms with Crippen molar-refractivity contribution >= 4 is 18.8 Å². The molecule has 0 aliphatic heterocycles. The van der Waals surface area contributed by atoms with Gasteiger partial charge in [0.15, 0.2) is 0 Å². The normalized spacial score (nSPS) is 22.7. The van der Waals surface area contributed by atoms with Crippen molar-refractivity contribution in [2.24, 2.45) is 10.8 Å². The van der Waals surface area contributed by atoms with Gasteiger partial charge in [0, 0.05) is 120 Å². The van der Waals surface area contributed by atoms with Crippen LogP contribution in [0.15, 0.2) is 72.3 Å². The Morgan fingerprint density at radius 2 is 1.32 bits per heavy atom. The second-order valence-electron chi connectivity index (χ2n) is 8.66. The van der Waals surface area contributed by atoms with Gasteiger partial charge in [-0.25, -0.2) is 0 Å². The Morgan fingerprint density at radius 3 is 1.77 bits per heavy atom. The molecule has 2 atom stereocenters. The van der Waals surface area contributed by atoms with Crippen molar-refractivity contribution < 1.29 is 113 Å². The van der Waals surface area contributed by atoms with Crippen molar-refractivity contribution in [3.05, 3.63) is 72.3 Å². The first-order chi connectivity index (χ1) is 13.2. The average molecular weight is 665 g/mol. The van der Waals surface area contributed by atoms with E-state index in [-0.39, 0.29) is 98.1 Å². The number of aliphatic hydroxyl groups excluding tert-OH is 2. The van der Waals surface area contributed by atoms with Crippen LogP contribution in [0.3, 0.4) is 0 Å². The van der Waals surface area contributed by atoms with E-state index in [0.29, 0.717) is 13.0 Å². The third-order valence-corrected chi connectivity index (χ3v) is 7.94. The number of hydrogen-bond acceptors (Lipinski definition) is 3. The molecule has 2 N–H and O–H groups in total. The minimum Gasteiger partial charge on any atom is -0.392 e. The molecule has 1 aliphatic rings. The Hall–Kier alpha value is 1.80. The number of rotatable bonds is 5. The van der Waals surface area contributed by atoms with E-state index < -0.39 is 31.2 Å². The van der Waals surface area contributed by atoms with Crippen LogP contribution in [-0.4, -0.2) is 29.0 Å². The standard InChI is InChI=1S/C24H31O3P.3Y/c1-23(2)18(17-21(25)24(3,4)22(23)26)15-16-27-28(19-11-7-5-8-12-19)20-13-9-6-10-14-20;;;/h5-15,21-22,25-26H,16-17H2,1-4H3;;;/b18-15-;;;/t21-,22-;;;/m1.../s1. The van der Waals surface area contributed by atoms with Crippen LogP contribution in [-0.2, 0) is 103 Å². The maximum absolute atomic E-state index is 10.8. The smallest absolute Gasteiger partial charge is 0.0922 e. The molecular weight excluding hydrogens is 634 g/mol. The summed E-state index contributed by atoms with van der Waals surface area (Å²) in [6.07, 6.45) is 1.45. The molecule has 3 radical (unpaired) electrons. The Bertz CT molecular complexity index is 774. The summed E-state index contributed by atoms with van der Waals surface area (Å²) in [5, 5.41) is 23.7. The van der Waals surface area contributed by atoms with E-state index in [1.165, 1.54) is 10.6 Å². The summed E-state index contributed by atoms with van der Waals surface area (Å²) >= 11 is 0. The van der Waals surface area contributed by atoms with Gasteiger partial charge in [-0.05, 0) is 6.42 Å². The van der Waals surface area contributed by atoms with Crippen molar-refractivity contribution in [2.75, 3.05) is 6.61 Å². The van der Waals surface area contributed by atoms with Gasteiger partial charge in [-0.15, -0.1) is 0 Å². The van der Waals surface area contributed by atoms with E-state index in [2.05, 4.69) is 30.3 Å². The van der Waals surface area contributed by atoms with Crippen LogP contribution in [0.1, 0.15) is 34.1 Å². The maximum Gasteiger partial charge on any atom is 0.0922 e. The largest absolute Gasteiger partial charge is 0.392 e. The topological polar surface area (TPSA) is 49.7 Å². The van der Waals surface area contributed by atoms with Crippen LogP contribution in [0.2, 0.25) is 0 Å². The molecular formula is C24H31O3PY3. The molecule has 0 bridgehead atoms. The first-order valence-corrected chi connectivity index (χ1v) is 11.1. The Morgan fingerprint density at radius 1 is 0.871 bits per heavy atom. The van der Waals surface area contributed by atoms with Gasteiger partial charge in [0.25, 0.3) is 0 Å². The fourth-order valence-corrected chi connectivity index (χ4v) is 5.71. The number of benzene rings is 2. The summed E-state index contributed by atoms with van der Waals surface area (Å²) in [6.45, 7) is 8.42. The van der Waals surface area contributed by atoms with Gasteiger partial charge in [0.05, 0.1) is 27.0 Å². The van der Waals surface area contributed by atoms with E-state index in [9.17, 15) is 10.2 Å². The van der Waals surface area contributed by atoms with E-state index in [1.807, 2.05) is 64.1 Å². The first kappa shape index (κ1) is 32.8. The van der Waals surface area contributed by atoms with E-state index in [4.69, 9.17) is 4.52 Å². The summed E-state index contributed by atoms with van der Waals surface area (Å²) in [6, 6.07) is 20.6. The minimum atomic E-state index is -0.919. The van der Waals surface area contributed by atoms with Crippen LogP contribution in [0.4, 0.5) is 0 Å². The van der Waals surface area contributed by atoms with Gasteiger partial charge in [0.1, 0.15) is 0 Å². The quantitative estimate of drug-likeness (QED) is 0.373. The maximum atomic E-state index is 10.8. The predicted molar refractivity (Wildman–Crippen MR) is 117 cm³/mol. The van der Waals surface area contributed by atoms with Gasteiger partial charge in [-0.1, -0.05) is 100 Å². The molecule has 0 amide bonds. The van der Waals surface area contributed by atoms with E-state index in [1.54, 1.807) is 0 Å². The zero-order chi connectivity index (χ0) is 20.4. The van der Waals surface area contributed by atoms with E-state index >= 15 is 0 Å². The van der Waals surface area contributed by atoms with Crippen molar-refractivity contribution in [3.8, 4) is 0 Å². The van der Waals surface area contributed by atoms with Gasteiger partial charge in [-0.2, -0.15) is 0 Å². The molecule has 2 aromatic carbocycles. The number of aliphatic hydroxyl groups is 2. The Labute approximate surface area is 264 Å². The molecule has 1 aliphatic carbocycles. The number of hydrogen-bond donors (Lipinski definition) is 2. The van der Waals surface area contributed by atoms with Crippen molar-refractivity contribution in [2.45, 2.75) is 46.3 Å². The van der Waals surface area contributed by atoms with Crippen LogP contribution >= 0.6 is 8.15 Å². The molecule has 7 heteroatoms. The molecule has 3 rings (SSSR count). The molecule has 0 unspecified atom stereocenters. The second kappa shape index (κ2) is 14.4. The zero-order valence-electron chi connectivity index (χ0n) is 18.9. The molecule has 31 heavy (non-hydrogen) atoms. The third kappa shape index (κ3) is 7.90. The molecule has 1 fully saturated rings. The molecule has 0 aromatic heterocycles. The summed E-state index contributed by atoms with van der Waals surface area (Å²) in [5.74, 6) is 0. The Balaban J connectivity index is 0.00000300. The monoisotopic (exact) mass is 665 g/mol. The zero-order valence-corrected chi connectivity index (χ0v) is 28.3. The fourth-order valence-electron chi connectivity index (χ4n) is 4.01. The summed E-state index contributed by atoms with van der Waals surface area (Å²) < 4.78 is 6.36. The predicted octanol–water partition coefficient (Wildman–Crippen LogP) is 4.15. The molecule has 0 saturated heterocycles. The average Bonchev–Trinajstić information content (AvgIpc) is 2.69. The molecule has 0 spiro atoms. The molecule has 3 nitrogen and oxygen atoms in total. The first-order valence-electron chi connectivity index (χ1n) is 9.83. The molecule has 0 heterocycles. The van der Waals surface area contributed by atoms with Gasteiger partial charge in [-0.3, -0.25) is 0 Å². The Kier molecular flexibility index (Phi) is 15.2. The van der Waals surface area contributed by atoms with Crippen molar-refractivity contribution in [1.29, 1.82) is 0 Å². The van der Waals surface area contributed by atoms with Gasteiger partial charge in [0.2, 0.25) is 0 Å². The van der Waals surface area contributed by atoms with Crippen LogP contribution in [0, 0.1) is 10.8 Å². The SMILES string of the molecule is CC1(C)/C(=C\COP(c2ccccc2)c2ccccc2)C[C@@H](O)C(C)(C)[C@@H]1O.[Y].[Y].[Y]. The summed E-state index contributed by atoms with van der Waals surface area (Å²) in [7, 11) is -0.919. The minimum absolute atomic E-state index is 0. The van der Waals surface area contributed by atoms with Crippen LogP contribution < -0.4 is 10.6 Å². The van der Waals surface area contributed by atoms with Crippen molar-refractivity contribution in [1.82, 2.24) is 0 Å². The molecule has 1 saturated carbocycles. The van der Waals surface area contributed by atoms with Crippen LogP contribution in [0.25, 0.3) is 0 Å². The molecule has 159 valence electrons.